The van der Waals surface area contributed by atoms with Gasteiger partial charge in [-0.05, 0) is 68.7 Å². The van der Waals surface area contributed by atoms with E-state index in [1.807, 2.05) is 18.2 Å². The number of nitrogens with zero attached hydrogens (tertiary/aromatic N) is 3. The normalized spacial score (nSPS) is 16.8. The second-order valence-corrected chi connectivity index (χ2v) is 8.95. The Kier molecular flexibility index (Phi) is 6.46. The number of aromatic nitrogens is 2. The summed E-state index contributed by atoms with van der Waals surface area (Å²) in [6.07, 6.45) is 8.33. The number of rotatable bonds is 7. The molecule has 1 N–H and O–H groups in total. The molecule has 0 unspecified atom stereocenters. The van der Waals surface area contributed by atoms with Crippen LogP contribution >= 0.6 is 0 Å². The molecule has 1 aromatic heterocycles. The van der Waals surface area contributed by atoms with E-state index in [1.54, 1.807) is 13.2 Å². The van der Waals surface area contributed by atoms with E-state index in [-0.39, 0.29) is 11.9 Å². The van der Waals surface area contributed by atoms with Gasteiger partial charge in [0.15, 0.2) is 11.5 Å². The van der Waals surface area contributed by atoms with Gasteiger partial charge in [-0.3, -0.25) is 0 Å². The van der Waals surface area contributed by atoms with E-state index in [0.29, 0.717) is 12.5 Å². The van der Waals surface area contributed by atoms with Gasteiger partial charge in [-0.1, -0.05) is 12.1 Å². The van der Waals surface area contributed by atoms with Crippen LogP contribution in [0.2, 0.25) is 0 Å². The lowest BCUT2D eigenvalue weighted by Gasteiger charge is -2.29. The second kappa shape index (κ2) is 9.81. The number of nitrogens with one attached hydrogen (secondary N) is 1. The Morgan fingerprint density at radius 3 is 2.58 bits per heavy atom. The maximum absolute atomic E-state index is 13.6. The van der Waals surface area contributed by atoms with Gasteiger partial charge in [0, 0.05) is 31.1 Å². The quantitative estimate of drug-likeness (QED) is 0.498. The molecule has 1 saturated heterocycles. The highest BCUT2D eigenvalue weighted by atomic mass is 19.1. The van der Waals surface area contributed by atoms with Crippen molar-refractivity contribution >= 4 is 22.7 Å². The Morgan fingerprint density at radius 1 is 1.00 bits per heavy atom. The number of piperidine rings is 1. The molecule has 0 bridgehead atoms. The molecule has 2 heterocycles. The highest BCUT2D eigenvalue weighted by Gasteiger charge is 2.22. The summed E-state index contributed by atoms with van der Waals surface area (Å²) in [7, 11) is 1.68. The molecule has 3 aromatic rings. The van der Waals surface area contributed by atoms with Crippen molar-refractivity contribution in [2.24, 2.45) is 0 Å². The van der Waals surface area contributed by atoms with E-state index in [9.17, 15) is 4.39 Å². The van der Waals surface area contributed by atoms with Gasteiger partial charge in [-0.15, -0.1) is 0 Å². The molecule has 1 saturated carbocycles. The summed E-state index contributed by atoms with van der Waals surface area (Å²) in [5, 5.41) is 4.26. The van der Waals surface area contributed by atoms with Crippen LogP contribution in [0.4, 0.5) is 16.2 Å². The molecule has 0 amide bonds. The predicted octanol–water partition coefficient (Wildman–Crippen LogP) is 5.70. The van der Waals surface area contributed by atoms with Crippen LogP contribution in [0.5, 0.6) is 11.5 Å². The Morgan fingerprint density at radius 2 is 1.82 bits per heavy atom. The Hall–Kier alpha value is -3.09. The molecule has 174 valence electrons. The number of fused-ring (bicyclic) bond motifs is 1. The molecule has 1 aliphatic heterocycles. The molecule has 5 rings (SSSR count). The molecule has 2 aliphatic rings. The van der Waals surface area contributed by atoms with E-state index in [2.05, 4.69) is 10.2 Å². The van der Waals surface area contributed by atoms with Crippen molar-refractivity contribution in [1.29, 1.82) is 0 Å². The zero-order chi connectivity index (χ0) is 22.6. The minimum Gasteiger partial charge on any atom is -0.493 e. The predicted molar refractivity (Wildman–Crippen MR) is 129 cm³/mol. The average molecular weight is 451 g/mol. The molecule has 0 radical (unpaired) electrons. The minimum atomic E-state index is -0.247. The smallest absolute Gasteiger partial charge is 0.225 e. The molecule has 6 nitrogen and oxygen atoms in total. The van der Waals surface area contributed by atoms with Crippen molar-refractivity contribution < 1.29 is 13.9 Å². The number of benzene rings is 2. The molecule has 0 spiro atoms. The van der Waals surface area contributed by atoms with Gasteiger partial charge in [0.2, 0.25) is 5.95 Å². The number of anilines is 2. The van der Waals surface area contributed by atoms with Crippen LogP contribution < -0.4 is 19.7 Å². The van der Waals surface area contributed by atoms with Crippen LogP contribution in [0.25, 0.3) is 10.9 Å². The maximum atomic E-state index is 13.6. The highest BCUT2D eigenvalue weighted by Crippen LogP contribution is 2.38. The van der Waals surface area contributed by atoms with E-state index in [0.717, 1.165) is 72.6 Å². The van der Waals surface area contributed by atoms with Gasteiger partial charge in [-0.2, -0.15) is 4.98 Å². The highest BCUT2D eigenvalue weighted by molar-refractivity contribution is 5.93. The lowest BCUT2D eigenvalue weighted by Crippen LogP contribution is -2.30. The van der Waals surface area contributed by atoms with Gasteiger partial charge in [-0.25, -0.2) is 9.37 Å². The van der Waals surface area contributed by atoms with E-state index in [1.165, 1.54) is 31.4 Å². The first kappa shape index (κ1) is 21.7. The van der Waals surface area contributed by atoms with Crippen LogP contribution in [0.3, 0.4) is 0 Å². The number of ether oxygens (including phenoxy) is 2. The summed E-state index contributed by atoms with van der Waals surface area (Å²) in [6, 6.07) is 10.6. The van der Waals surface area contributed by atoms with Gasteiger partial charge in [0.25, 0.3) is 0 Å². The number of hydrogen-bond acceptors (Lipinski definition) is 6. The molecule has 1 aliphatic carbocycles. The van der Waals surface area contributed by atoms with Crippen molar-refractivity contribution in [1.82, 2.24) is 9.97 Å². The van der Waals surface area contributed by atoms with Crippen molar-refractivity contribution in [2.45, 2.75) is 57.6 Å². The largest absolute Gasteiger partial charge is 0.493 e. The number of halogens is 1. The summed E-state index contributed by atoms with van der Waals surface area (Å²) in [6.45, 7) is 2.39. The van der Waals surface area contributed by atoms with Gasteiger partial charge in [0.1, 0.15) is 11.6 Å². The Labute approximate surface area is 194 Å². The summed E-state index contributed by atoms with van der Waals surface area (Å²) in [4.78, 5) is 12.0. The fourth-order valence-corrected chi connectivity index (χ4v) is 4.81. The minimum absolute atomic E-state index is 0.227. The van der Waals surface area contributed by atoms with E-state index in [4.69, 9.17) is 19.4 Å². The van der Waals surface area contributed by atoms with Crippen LogP contribution in [0.15, 0.2) is 36.4 Å². The zero-order valence-corrected chi connectivity index (χ0v) is 19.1. The zero-order valence-electron chi connectivity index (χ0n) is 19.1. The molecule has 2 fully saturated rings. The van der Waals surface area contributed by atoms with Gasteiger partial charge < -0.3 is 19.7 Å². The third-order valence-electron chi connectivity index (χ3n) is 6.55. The first-order valence-electron chi connectivity index (χ1n) is 12.0. The molecule has 33 heavy (non-hydrogen) atoms. The van der Waals surface area contributed by atoms with Crippen LogP contribution in [-0.4, -0.2) is 36.3 Å². The first-order valence-corrected chi connectivity index (χ1v) is 12.0. The van der Waals surface area contributed by atoms with Gasteiger partial charge in [0.05, 0.1) is 18.7 Å². The standard InChI is InChI=1S/C26H31FN4O2/c1-32-23-15-21-22(16-24(23)33-20-10-3-4-11-20)29-26(28-17-18-8-7-9-19(27)14-18)30-25(21)31-12-5-2-6-13-31/h7-9,14-16,20H,2-6,10-13,17H2,1H3,(H,28,29,30). The fourth-order valence-electron chi connectivity index (χ4n) is 4.81. The summed E-state index contributed by atoms with van der Waals surface area (Å²) in [5.74, 6) is 2.65. The topological polar surface area (TPSA) is 59.5 Å². The molecule has 0 atom stereocenters. The molecule has 7 heteroatoms. The third kappa shape index (κ3) is 4.97. The molecule has 2 aromatic carbocycles. The van der Waals surface area contributed by atoms with Gasteiger partial charge >= 0.3 is 0 Å². The first-order chi connectivity index (χ1) is 16.2. The van der Waals surface area contributed by atoms with Crippen molar-refractivity contribution in [3.63, 3.8) is 0 Å². The fraction of sp³-hybridized carbons (Fsp3) is 0.462. The lowest BCUT2D eigenvalue weighted by atomic mass is 10.1. The van der Waals surface area contributed by atoms with Crippen molar-refractivity contribution in [3.8, 4) is 11.5 Å². The van der Waals surface area contributed by atoms with Crippen LogP contribution in [0.1, 0.15) is 50.5 Å². The van der Waals surface area contributed by atoms with Crippen LogP contribution in [0, 0.1) is 5.82 Å². The second-order valence-electron chi connectivity index (χ2n) is 8.95. The summed E-state index contributed by atoms with van der Waals surface area (Å²) in [5.41, 5.74) is 1.67. The average Bonchev–Trinajstić information content (AvgIpc) is 3.35. The van der Waals surface area contributed by atoms with Crippen LogP contribution in [-0.2, 0) is 6.54 Å². The number of hydrogen-bond donors (Lipinski definition) is 1. The molecular weight excluding hydrogens is 419 g/mol. The third-order valence-corrected chi connectivity index (χ3v) is 6.55. The monoisotopic (exact) mass is 450 g/mol. The maximum Gasteiger partial charge on any atom is 0.225 e. The lowest BCUT2D eigenvalue weighted by molar-refractivity contribution is 0.201. The van der Waals surface area contributed by atoms with E-state index < -0.39 is 0 Å². The SMILES string of the molecule is COc1cc2c(N3CCCCC3)nc(NCc3cccc(F)c3)nc2cc1OC1CCCC1. The van der Waals surface area contributed by atoms with Crippen molar-refractivity contribution in [3.05, 3.63) is 47.8 Å². The summed E-state index contributed by atoms with van der Waals surface area (Å²) >= 11 is 0. The van der Waals surface area contributed by atoms with E-state index >= 15 is 0 Å². The number of methoxy groups -OCH3 is 1. The molecular formula is C26H31FN4O2. The Bertz CT molecular complexity index is 1110. The van der Waals surface area contributed by atoms with Crippen molar-refractivity contribution in [2.75, 3.05) is 30.4 Å². The Balaban J connectivity index is 1.52. The summed E-state index contributed by atoms with van der Waals surface area (Å²) < 4.78 is 25.6.